The van der Waals surface area contributed by atoms with E-state index < -0.39 is 5.54 Å². The number of aromatic nitrogens is 1. The van der Waals surface area contributed by atoms with Gasteiger partial charge in [0.2, 0.25) is 0 Å². The molecule has 26 heavy (non-hydrogen) atoms. The van der Waals surface area contributed by atoms with Crippen molar-refractivity contribution in [3.05, 3.63) is 24.4 Å². The molecule has 3 aliphatic rings. The first-order valence-corrected chi connectivity index (χ1v) is 9.62. The molecular formula is C19H27N5O2. The van der Waals surface area contributed by atoms with Gasteiger partial charge in [-0.3, -0.25) is 9.69 Å². The van der Waals surface area contributed by atoms with Crippen molar-refractivity contribution in [2.24, 2.45) is 5.92 Å². The van der Waals surface area contributed by atoms with Crippen molar-refractivity contribution in [3.63, 3.8) is 0 Å². The van der Waals surface area contributed by atoms with E-state index in [1.165, 1.54) is 4.90 Å². The summed E-state index contributed by atoms with van der Waals surface area (Å²) >= 11 is 0. The first-order valence-electron chi connectivity index (χ1n) is 9.62. The Kier molecular flexibility index (Phi) is 4.56. The van der Waals surface area contributed by atoms with Crippen molar-refractivity contribution in [2.75, 3.05) is 37.7 Å². The topological polar surface area (TPSA) is 68.8 Å². The molecule has 2 unspecified atom stereocenters. The Labute approximate surface area is 154 Å². The van der Waals surface area contributed by atoms with E-state index in [2.05, 4.69) is 27.0 Å². The van der Waals surface area contributed by atoms with Crippen LogP contribution in [0, 0.1) is 5.92 Å². The lowest BCUT2D eigenvalue weighted by atomic mass is 9.73. The summed E-state index contributed by atoms with van der Waals surface area (Å²) in [4.78, 5) is 35.8. The SMILES string of the molecule is CC1CCCCC12NC(=O)N(CN1CCN(c3ccccn3)CC1)C2=O. The highest BCUT2D eigenvalue weighted by atomic mass is 16.2. The molecule has 3 fully saturated rings. The number of pyridine rings is 1. The summed E-state index contributed by atoms with van der Waals surface area (Å²) in [6.45, 7) is 5.80. The van der Waals surface area contributed by atoms with Crippen LogP contribution in [-0.2, 0) is 4.79 Å². The number of urea groups is 1. The number of amides is 3. The smallest absolute Gasteiger partial charge is 0.326 e. The fourth-order valence-electron chi connectivity index (χ4n) is 4.48. The molecule has 1 aromatic rings. The fourth-order valence-corrected chi connectivity index (χ4v) is 4.48. The summed E-state index contributed by atoms with van der Waals surface area (Å²) in [6.07, 6.45) is 5.72. The third-order valence-corrected chi connectivity index (χ3v) is 6.19. The quantitative estimate of drug-likeness (QED) is 0.834. The van der Waals surface area contributed by atoms with Gasteiger partial charge in [-0.2, -0.15) is 0 Å². The van der Waals surface area contributed by atoms with Gasteiger partial charge in [0.05, 0.1) is 6.67 Å². The fraction of sp³-hybridized carbons (Fsp3) is 0.632. The van der Waals surface area contributed by atoms with Gasteiger partial charge >= 0.3 is 6.03 Å². The zero-order chi connectivity index (χ0) is 18.1. The van der Waals surface area contributed by atoms with Gasteiger partial charge in [0, 0.05) is 32.4 Å². The second kappa shape index (κ2) is 6.87. The molecule has 1 spiro atoms. The van der Waals surface area contributed by atoms with Crippen LogP contribution in [0.4, 0.5) is 10.6 Å². The number of hydrogen-bond acceptors (Lipinski definition) is 5. The Morgan fingerprint density at radius 3 is 2.69 bits per heavy atom. The largest absolute Gasteiger partial charge is 0.354 e. The van der Waals surface area contributed by atoms with Crippen molar-refractivity contribution in [1.82, 2.24) is 20.1 Å². The van der Waals surface area contributed by atoms with E-state index in [9.17, 15) is 9.59 Å². The molecule has 1 aromatic heterocycles. The van der Waals surface area contributed by atoms with E-state index in [0.717, 1.165) is 57.7 Å². The molecule has 0 radical (unpaired) electrons. The van der Waals surface area contributed by atoms with Gasteiger partial charge in [-0.25, -0.2) is 14.7 Å². The molecule has 140 valence electrons. The molecule has 7 nitrogen and oxygen atoms in total. The molecule has 1 aliphatic carbocycles. The highest BCUT2D eigenvalue weighted by Crippen LogP contribution is 2.38. The van der Waals surface area contributed by atoms with Crippen LogP contribution in [0.5, 0.6) is 0 Å². The van der Waals surface area contributed by atoms with Crippen LogP contribution < -0.4 is 10.2 Å². The number of piperazine rings is 1. The Hall–Kier alpha value is -2.15. The minimum atomic E-state index is -0.662. The van der Waals surface area contributed by atoms with Crippen LogP contribution >= 0.6 is 0 Å². The van der Waals surface area contributed by atoms with Gasteiger partial charge in [-0.15, -0.1) is 0 Å². The van der Waals surface area contributed by atoms with Gasteiger partial charge in [0.15, 0.2) is 0 Å². The van der Waals surface area contributed by atoms with Crippen LogP contribution in [0.15, 0.2) is 24.4 Å². The standard InChI is InChI=1S/C19H27N5O2/c1-15-6-2-4-8-19(15)17(25)24(18(26)21-19)14-22-10-12-23(13-11-22)16-7-3-5-9-20-16/h3,5,7,9,15H,2,4,6,8,10-14H2,1H3,(H,21,26). The molecule has 1 N–H and O–H groups in total. The molecule has 3 heterocycles. The maximum absolute atomic E-state index is 13.1. The summed E-state index contributed by atoms with van der Waals surface area (Å²) in [5.41, 5.74) is -0.662. The number of imide groups is 1. The Bertz CT molecular complexity index is 674. The first kappa shape index (κ1) is 17.3. The summed E-state index contributed by atoms with van der Waals surface area (Å²) < 4.78 is 0. The molecule has 2 aliphatic heterocycles. The third kappa shape index (κ3) is 2.94. The number of anilines is 1. The third-order valence-electron chi connectivity index (χ3n) is 6.19. The van der Waals surface area contributed by atoms with Crippen LogP contribution in [0.2, 0.25) is 0 Å². The molecule has 3 amide bonds. The average Bonchev–Trinajstić information content (AvgIpc) is 2.90. The van der Waals surface area contributed by atoms with Gasteiger partial charge in [-0.05, 0) is 30.9 Å². The first-order chi connectivity index (χ1) is 12.6. The molecule has 2 atom stereocenters. The van der Waals surface area contributed by atoms with Gasteiger partial charge in [0.25, 0.3) is 5.91 Å². The summed E-state index contributed by atoms with van der Waals surface area (Å²) in [7, 11) is 0. The number of carbonyl (C=O) groups excluding carboxylic acids is 2. The normalized spacial score (nSPS) is 30.1. The van der Waals surface area contributed by atoms with Crippen molar-refractivity contribution >= 4 is 17.8 Å². The van der Waals surface area contributed by atoms with E-state index in [0.29, 0.717) is 6.67 Å². The molecule has 7 heteroatoms. The molecule has 1 saturated carbocycles. The lowest BCUT2D eigenvalue weighted by Crippen LogP contribution is -2.55. The molecule has 0 bridgehead atoms. The molecule has 2 saturated heterocycles. The van der Waals surface area contributed by atoms with Crippen molar-refractivity contribution < 1.29 is 9.59 Å². The van der Waals surface area contributed by atoms with E-state index >= 15 is 0 Å². The Balaban J connectivity index is 1.38. The summed E-state index contributed by atoms with van der Waals surface area (Å²) in [5, 5.41) is 3.03. The van der Waals surface area contributed by atoms with E-state index in [-0.39, 0.29) is 17.9 Å². The maximum Gasteiger partial charge on any atom is 0.326 e. The second-order valence-electron chi connectivity index (χ2n) is 7.72. The van der Waals surface area contributed by atoms with Gasteiger partial charge in [-0.1, -0.05) is 25.8 Å². The predicted molar refractivity (Wildman–Crippen MR) is 98.6 cm³/mol. The highest BCUT2D eigenvalue weighted by molar-refractivity contribution is 6.07. The second-order valence-corrected chi connectivity index (χ2v) is 7.72. The van der Waals surface area contributed by atoms with Crippen LogP contribution in [0.3, 0.4) is 0 Å². The van der Waals surface area contributed by atoms with E-state index in [1.54, 1.807) is 6.20 Å². The number of hydrogen-bond donors (Lipinski definition) is 1. The minimum absolute atomic E-state index is 0.0261. The minimum Gasteiger partial charge on any atom is -0.354 e. The summed E-state index contributed by atoms with van der Waals surface area (Å²) in [6, 6.07) is 5.70. The van der Waals surface area contributed by atoms with Crippen molar-refractivity contribution in [3.8, 4) is 0 Å². The Morgan fingerprint density at radius 1 is 1.19 bits per heavy atom. The number of rotatable bonds is 3. The Morgan fingerprint density at radius 2 is 2.00 bits per heavy atom. The number of carbonyl (C=O) groups is 2. The number of nitrogens with one attached hydrogen (secondary N) is 1. The van der Waals surface area contributed by atoms with Crippen molar-refractivity contribution in [2.45, 2.75) is 38.1 Å². The van der Waals surface area contributed by atoms with Crippen LogP contribution in [0.1, 0.15) is 32.6 Å². The lowest BCUT2D eigenvalue weighted by Gasteiger charge is -2.38. The molecule has 0 aromatic carbocycles. The number of nitrogens with zero attached hydrogens (tertiary/aromatic N) is 4. The van der Waals surface area contributed by atoms with Crippen LogP contribution in [-0.4, -0.2) is 65.1 Å². The van der Waals surface area contributed by atoms with Gasteiger partial charge in [0.1, 0.15) is 11.4 Å². The zero-order valence-corrected chi connectivity index (χ0v) is 15.4. The molecule has 4 rings (SSSR count). The van der Waals surface area contributed by atoms with E-state index in [1.807, 2.05) is 18.2 Å². The van der Waals surface area contributed by atoms with Crippen LogP contribution in [0.25, 0.3) is 0 Å². The summed E-state index contributed by atoms with van der Waals surface area (Å²) in [5.74, 6) is 1.16. The van der Waals surface area contributed by atoms with Gasteiger partial charge < -0.3 is 10.2 Å². The monoisotopic (exact) mass is 357 g/mol. The van der Waals surface area contributed by atoms with E-state index in [4.69, 9.17) is 0 Å². The average molecular weight is 357 g/mol. The molecular weight excluding hydrogens is 330 g/mol. The van der Waals surface area contributed by atoms with Crippen molar-refractivity contribution in [1.29, 1.82) is 0 Å². The highest BCUT2D eigenvalue weighted by Gasteiger charge is 2.55. The lowest BCUT2D eigenvalue weighted by molar-refractivity contribution is -0.135. The maximum atomic E-state index is 13.1. The predicted octanol–water partition coefficient (Wildman–Crippen LogP) is 1.66. The zero-order valence-electron chi connectivity index (χ0n) is 15.4.